The van der Waals surface area contributed by atoms with Gasteiger partial charge in [0.1, 0.15) is 30.4 Å². The quantitative estimate of drug-likeness (QED) is 0.438. The molecule has 2 heterocycles. The molecule has 1 saturated heterocycles. The first kappa shape index (κ1) is 20.1. The smallest absolute Gasteiger partial charge is 0.351 e. The van der Waals surface area contributed by atoms with Crippen LogP contribution in [0.5, 0.6) is 0 Å². The van der Waals surface area contributed by atoms with Crippen molar-refractivity contribution >= 4 is 11.7 Å². The fourth-order valence-corrected chi connectivity index (χ4v) is 2.94. The van der Waals surface area contributed by atoms with E-state index in [1.807, 2.05) is 0 Å². The largest absolute Gasteiger partial charge is 0.394 e. The topological polar surface area (TPSA) is 154 Å². The van der Waals surface area contributed by atoms with E-state index in [2.05, 4.69) is 10.3 Å². The molecule has 28 heavy (non-hydrogen) atoms. The standard InChI is InChI=1S/C18H21N3O7/c22-9-12-16(25)15(24)11(23)8-14(28-12)21-7-6-13(20-18(21)27)19-17(26)10-4-2-1-3-5-10/h1-7,11-12,14-16,22-25H,8-9H2,(H,19,20,26,27)/t11-,12?,14+,15?,16-/m1/s1. The molecule has 1 aliphatic rings. The van der Waals surface area contributed by atoms with Crippen LogP contribution in [0.2, 0.25) is 0 Å². The molecule has 5 atom stereocenters. The number of anilines is 1. The van der Waals surface area contributed by atoms with Crippen molar-refractivity contribution in [1.29, 1.82) is 0 Å². The first-order valence-electron chi connectivity index (χ1n) is 8.67. The van der Waals surface area contributed by atoms with Gasteiger partial charge in [0.25, 0.3) is 5.91 Å². The molecular weight excluding hydrogens is 370 g/mol. The van der Waals surface area contributed by atoms with Crippen LogP contribution < -0.4 is 11.0 Å². The van der Waals surface area contributed by atoms with Gasteiger partial charge >= 0.3 is 5.69 Å². The van der Waals surface area contributed by atoms with Gasteiger partial charge in [0.2, 0.25) is 0 Å². The monoisotopic (exact) mass is 391 g/mol. The summed E-state index contributed by atoms with van der Waals surface area (Å²) in [6.07, 6.45) is -5.58. The minimum Gasteiger partial charge on any atom is -0.394 e. The number of amides is 1. The number of aromatic nitrogens is 2. The molecule has 1 aliphatic heterocycles. The zero-order valence-corrected chi connectivity index (χ0v) is 14.8. The summed E-state index contributed by atoms with van der Waals surface area (Å²) in [6.45, 7) is -0.616. The molecule has 1 amide bonds. The van der Waals surface area contributed by atoms with Crippen molar-refractivity contribution in [2.24, 2.45) is 0 Å². The number of benzene rings is 1. The second kappa shape index (κ2) is 8.59. The van der Waals surface area contributed by atoms with Crippen LogP contribution >= 0.6 is 0 Å². The third-order valence-electron chi connectivity index (χ3n) is 4.50. The molecule has 1 aromatic carbocycles. The second-order valence-corrected chi connectivity index (χ2v) is 6.42. The SMILES string of the molecule is O=C(Nc1ccn([C@@H]2C[C@@H](O)C(O)[C@H](O)C(CO)O2)c(=O)n1)c1ccccc1. The van der Waals surface area contributed by atoms with Gasteiger partial charge in [-0.2, -0.15) is 4.98 Å². The lowest BCUT2D eigenvalue weighted by molar-refractivity contribution is -0.132. The highest BCUT2D eigenvalue weighted by Crippen LogP contribution is 2.26. The van der Waals surface area contributed by atoms with Gasteiger partial charge in [0.05, 0.1) is 12.7 Å². The summed E-state index contributed by atoms with van der Waals surface area (Å²) in [5.74, 6) is -0.402. The summed E-state index contributed by atoms with van der Waals surface area (Å²) in [5, 5.41) is 41.7. The Kier molecular flexibility index (Phi) is 6.17. The van der Waals surface area contributed by atoms with Gasteiger partial charge in [0.15, 0.2) is 0 Å². The lowest BCUT2D eigenvalue weighted by Gasteiger charge is -2.24. The predicted octanol–water partition coefficient (Wildman–Crippen LogP) is -1.14. The number of ether oxygens (including phenoxy) is 1. The molecule has 1 aromatic heterocycles. The van der Waals surface area contributed by atoms with E-state index in [-0.39, 0.29) is 12.2 Å². The number of hydrogen-bond acceptors (Lipinski definition) is 8. The lowest BCUT2D eigenvalue weighted by atomic mass is 10.0. The highest BCUT2D eigenvalue weighted by Gasteiger charge is 2.39. The Morgan fingerprint density at radius 3 is 2.54 bits per heavy atom. The van der Waals surface area contributed by atoms with Crippen molar-refractivity contribution in [2.45, 2.75) is 37.1 Å². The van der Waals surface area contributed by atoms with Crippen molar-refractivity contribution in [3.05, 3.63) is 58.6 Å². The molecule has 2 unspecified atom stereocenters. The van der Waals surface area contributed by atoms with E-state index in [4.69, 9.17) is 4.74 Å². The molecule has 0 bridgehead atoms. The second-order valence-electron chi connectivity index (χ2n) is 6.42. The van der Waals surface area contributed by atoms with Crippen LogP contribution in [0.3, 0.4) is 0 Å². The Hall–Kier alpha value is -2.63. The Morgan fingerprint density at radius 1 is 1.18 bits per heavy atom. The van der Waals surface area contributed by atoms with Gasteiger partial charge in [-0.1, -0.05) is 18.2 Å². The summed E-state index contributed by atoms with van der Waals surface area (Å²) >= 11 is 0. The molecule has 5 N–H and O–H groups in total. The predicted molar refractivity (Wildman–Crippen MR) is 96.5 cm³/mol. The zero-order valence-electron chi connectivity index (χ0n) is 14.8. The zero-order chi connectivity index (χ0) is 20.3. The van der Waals surface area contributed by atoms with Crippen LogP contribution in [0.25, 0.3) is 0 Å². The van der Waals surface area contributed by atoms with Crippen molar-refractivity contribution in [3.63, 3.8) is 0 Å². The van der Waals surface area contributed by atoms with Crippen molar-refractivity contribution < 1.29 is 30.0 Å². The van der Waals surface area contributed by atoms with Crippen molar-refractivity contribution in [2.75, 3.05) is 11.9 Å². The molecule has 150 valence electrons. The van der Waals surface area contributed by atoms with Crippen LogP contribution in [0.15, 0.2) is 47.4 Å². The molecule has 3 rings (SSSR count). The van der Waals surface area contributed by atoms with Gasteiger partial charge in [-0.05, 0) is 18.2 Å². The first-order valence-corrected chi connectivity index (χ1v) is 8.67. The molecule has 0 saturated carbocycles. The Morgan fingerprint density at radius 2 is 1.89 bits per heavy atom. The van der Waals surface area contributed by atoms with Crippen LogP contribution in [-0.4, -0.2) is 66.9 Å². The fourth-order valence-electron chi connectivity index (χ4n) is 2.94. The van der Waals surface area contributed by atoms with E-state index in [0.29, 0.717) is 5.56 Å². The average Bonchev–Trinajstić information content (AvgIpc) is 2.80. The Labute approximate surface area is 159 Å². The van der Waals surface area contributed by atoms with Gasteiger partial charge in [-0.25, -0.2) is 4.79 Å². The maximum absolute atomic E-state index is 12.4. The van der Waals surface area contributed by atoms with Gasteiger partial charge < -0.3 is 30.5 Å². The van der Waals surface area contributed by atoms with E-state index in [0.717, 1.165) is 4.57 Å². The third kappa shape index (κ3) is 4.26. The van der Waals surface area contributed by atoms with Gasteiger partial charge in [-0.3, -0.25) is 9.36 Å². The first-order chi connectivity index (χ1) is 13.4. The summed E-state index contributed by atoms with van der Waals surface area (Å²) in [4.78, 5) is 28.3. The lowest BCUT2D eigenvalue weighted by Crippen LogP contribution is -2.44. The minimum absolute atomic E-state index is 0.0306. The molecule has 10 heteroatoms. The van der Waals surface area contributed by atoms with Crippen LogP contribution in [0.4, 0.5) is 5.82 Å². The number of nitrogens with zero attached hydrogens (tertiary/aromatic N) is 2. The molecular formula is C18H21N3O7. The van der Waals surface area contributed by atoms with Crippen molar-refractivity contribution in [3.8, 4) is 0 Å². The molecule has 0 radical (unpaired) electrons. The van der Waals surface area contributed by atoms with Gasteiger partial charge in [0, 0.05) is 18.2 Å². The highest BCUT2D eigenvalue weighted by atomic mass is 16.5. The van der Waals surface area contributed by atoms with E-state index < -0.39 is 48.8 Å². The normalized spacial score (nSPS) is 27.8. The average molecular weight is 391 g/mol. The van der Waals surface area contributed by atoms with Crippen LogP contribution in [0.1, 0.15) is 23.0 Å². The number of carbonyl (C=O) groups excluding carboxylic acids is 1. The summed E-state index contributed by atoms with van der Waals surface area (Å²) in [5.41, 5.74) is -0.372. The number of hydrogen-bond donors (Lipinski definition) is 5. The summed E-state index contributed by atoms with van der Waals surface area (Å²) in [7, 11) is 0. The van der Waals surface area contributed by atoms with E-state index >= 15 is 0 Å². The number of carbonyl (C=O) groups is 1. The number of nitrogens with one attached hydrogen (secondary N) is 1. The van der Waals surface area contributed by atoms with E-state index in [1.165, 1.54) is 12.3 Å². The third-order valence-corrected chi connectivity index (χ3v) is 4.50. The molecule has 0 aliphatic carbocycles. The van der Waals surface area contributed by atoms with E-state index in [1.54, 1.807) is 30.3 Å². The number of rotatable bonds is 4. The number of aliphatic hydroxyl groups is 4. The van der Waals surface area contributed by atoms with Crippen LogP contribution in [0, 0.1) is 0 Å². The van der Waals surface area contributed by atoms with E-state index in [9.17, 15) is 30.0 Å². The molecule has 10 nitrogen and oxygen atoms in total. The molecule has 2 aromatic rings. The fraction of sp³-hybridized carbons (Fsp3) is 0.389. The summed E-state index contributed by atoms with van der Waals surface area (Å²) < 4.78 is 6.54. The molecule has 1 fully saturated rings. The van der Waals surface area contributed by atoms with Crippen molar-refractivity contribution in [1.82, 2.24) is 9.55 Å². The maximum atomic E-state index is 12.4. The minimum atomic E-state index is -1.53. The molecule has 0 spiro atoms. The summed E-state index contributed by atoms with van der Waals surface area (Å²) in [6, 6.07) is 9.78. The van der Waals surface area contributed by atoms with Gasteiger partial charge in [-0.15, -0.1) is 0 Å². The van der Waals surface area contributed by atoms with Crippen LogP contribution in [-0.2, 0) is 4.74 Å². The Balaban J connectivity index is 1.80. The number of aliphatic hydroxyl groups excluding tert-OH is 4. The Bertz CT molecular complexity index is 873. The highest BCUT2D eigenvalue weighted by molar-refractivity contribution is 6.03. The maximum Gasteiger partial charge on any atom is 0.351 e.